The Balaban J connectivity index is 1.42. The molecule has 6 rings (SSSR count). The number of benzene rings is 4. The van der Waals surface area contributed by atoms with E-state index < -0.39 is 11.7 Å². The molecule has 0 amide bonds. The SMILES string of the molecule is FC(F)(F)c1cccc2c(-c3ccc(Oc4cccc5cccnc45)cc3)n(Cc3ccccc3)nc12. The zero-order valence-corrected chi connectivity index (χ0v) is 19.5. The van der Waals surface area contributed by atoms with E-state index >= 15 is 0 Å². The molecular weight excluding hydrogens is 475 g/mol. The van der Waals surface area contributed by atoms with Crippen molar-refractivity contribution in [3.8, 4) is 22.8 Å². The second kappa shape index (κ2) is 9.09. The van der Waals surface area contributed by atoms with Crippen molar-refractivity contribution in [2.24, 2.45) is 0 Å². The summed E-state index contributed by atoms with van der Waals surface area (Å²) >= 11 is 0. The number of rotatable bonds is 5. The van der Waals surface area contributed by atoms with E-state index in [0.717, 1.165) is 28.1 Å². The zero-order valence-electron chi connectivity index (χ0n) is 19.5. The Labute approximate surface area is 210 Å². The Morgan fingerprint density at radius 3 is 2.27 bits per heavy atom. The first-order valence-electron chi connectivity index (χ1n) is 11.7. The summed E-state index contributed by atoms with van der Waals surface area (Å²) in [6.07, 6.45) is -2.79. The van der Waals surface area contributed by atoms with Crippen molar-refractivity contribution >= 4 is 21.8 Å². The van der Waals surface area contributed by atoms with Gasteiger partial charge in [-0.3, -0.25) is 9.67 Å². The van der Waals surface area contributed by atoms with Crippen LogP contribution in [0.15, 0.2) is 109 Å². The monoisotopic (exact) mass is 495 g/mol. The third-order valence-electron chi connectivity index (χ3n) is 6.20. The molecule has 0 aliphatic heterocycles. The number of hydrogen-bond donors (Lipinski definition) is 0. The lowest BCUT2D eigenvalue weighted by atomic mass is 10.0. The maximum absolute atomic E-state index is 13.8. The van der Waals surface area contributed by atoms with Crippen molar-refractivity contribution in [3.63, 3.8) is 0 Å². The standard InChI is InChI=1S/C30H20F3N3O/c31-30(32,33)25-12-5-11-24-28(25)35-36(19-20-7-2-1-3-8-20)29(24)22-14-16-23(17-15-22)37-26-13-4-9-21-10-6-18-34-27(21)26/h1-18H,19H2. The average Bonchev–Trinajstić information content (AvgIpc) is 3.27. The number of ether oxygens (including phenoxy) is 1. The van der Waals surface area contributed by atoms with Crippen LogP contribution in [0, 0.1) is 0 Å². The van der Waals surface area contributed by atoms with Crippen LogP contribution in [0.1, 0.15) is 11.1 Å². The molecule has 0 N–H and O–H groups in total. The summed E-state index contributed by atoms with van der Waals surface area (Å²) in [6.45, 7) is 0.335. The van der Waals surface area contributed by atoms with E-state index in [4.69, 9.17) is 4.74 Å². The summed E-state index contributed by atoms with van der Waals surface area (Å²) in [7, 11) is 0. The van der Waals surface area contributed by atoms with Gasteiger partial charge in [0.25, 0.3) is 0 Å². The van der Waals surface area contributed by atoms with Crippen LogP contribution >= 0.6 is 0 Å². The highest BCUT2D eigenvalue weighted by molar-refractivity contribution is 5.95. The zero-order chi connectivity index (χ0) is 25.4. The summed E-state index contributed by atoms with van der Waals surface area (Å²) in [6, 6.07) is 30.6. The van der Waals surface area contributed by atoms with Gasteiger partial charge >= 0.3 is 6.18 Å². The van der Waals surface area contributed by atoms with Crippen molar-refractivity contribution in [1.29, 1.82) is 0 Å². The molecule has 0 unspecified atom stereocenters. The molecule has 0 aliphatic rings. The highest BCUT2D eigenvalue weighted by Crippen LogP contribution is 2.39. The molecular formula is C30H20F3N3O. The van der Waals surface area contributed by atoms with Gasteiger partial charge in [0.05, 0.1) is 17.8 Å². The molecule has 6 aromatic rings. The van der Waals surface area contributed by atoms with Crippen LogP contribution in [0.2, 0.25) is 0 Å². The Morgan fingerprint density at radius 1 is 0.730 bits per heavy atom. The molecule has 0 spiro atoms. The van der Waals surface area contributed by atoms with Gasteiger partial charge in [0.1, 0.15) is 16.8 Å². The van der Waals surface area contributed by atoms with Gasteiger partial charge in [-0.1, -0.05) is 60.7 Å². The van der Waals surface area contributed by atoms with E-state index in [-0.39, 0.29) is 5.52 Å². The number of alkyl halides is 3. The minimum Gasteiger partial charge on any atom is -0.455 e. The maximum Gasteiger partial charge on any atom is 0.418 e. The minimum atomic E-state index is -4.51. The predicted octanol–water partition coefficient (Wildman–Crippen LogP) is 8.11. The quantitative estimate of drug-likeness (QED) is 0.243. The number of hydrogen-bond acceptors (Lipinski definition) is 3. The van der Waals surface area contributed by atoms with Crippen molar-refractivity contribution in [1.82, 2.24) is 14.8 Å². The van der Waals surface area contributed by atoms with E-state index in [1.807, 2.05) is 72.8 Å². The molecule has 2 heterocycles. The van der Waals surface area contributed by atoms with Gasteiger partial charge in [-0.25, -0.2) is 0 Å². The second-order valence-corrected chi connectivity index (χ2v) is 8.65. The molecule has 37 heavy (non-hydrogen) atoms. The minimum absolute atomic E-state index is 0.0666. The van der Waals surface area contributed by atoms with E-state index in [9.17, 15) is 13.2 Å². The fourth-order valence-electron chi connectivity index (χ4n) is 4.52. The lowest BCUT2D eigenvalue weighted by Gasteiger charge is -2.11. The molecule has 0 aliphatic carbocycles. The Hall–Kier alpha value is -4.65. The third-order valence-corrected chi connectivity index (χ3v) is 6.20. The molecule has 0 saturated carbocycles. The van der Waals surface area contributed by atoms with Crippen LogP contribution in [0.3, 0.4) is 0 Å². The molecule has 182 valence electrons. The Bertz CT molecular complexity index is 1700. The van der Waals surface area contributed by atoms with Crippen molar-refractivity contribution in [2.45, 2.75) is 12.7 Å². The number of aromatic nitrogens is 3. The number of pyridine rings is 1. The molecule has 0 fully saturated rings. The van der Waals surface area contributed by atoms with Crippen molar-refractivity contribution < 1.29 is 17.9 Å². The van der Waals surface area contributed by atoms with Crippen LogP contribution < -0.4 is 4.74 Å². The number of nitrogens with zero attached hydrogens (tertiary/aromatic N) is 3. The molecule has 0 bridgehead atoms. The molecule has 7 heteroatoms. The fourth-order valence-corrected chi connectivity index (χ4v) is 4.52. The summed E-state index contributed by atoms with van der Waals surface area (Å²) in [5.41, 5.74) is 2.23. The van der Waals surface area contributed by atoms with Gasteiger partial charge in [-0.2, -0.15) is 18.3 Å². The van der Waals surface area contributed by atoms with Crippen LogP contribution in [-0.4, -0.2) is 14.8 Å². The van der Waals surface area contributed by atoms with Gasteiger partial charge in [0.2, 0.25) is 0 Å². The van der Waals surface area contributed by atoms with Gasteiger partial charge in [0, 0.05) is 22.5 Å². The van der Waals surface area contributed by atoms with Gasteiger partial charge in [-0.05, 0) is 48.0 Å². The number of para-hydroxylation sites is 1. The smallest absolute Gasteiger partial charge is 0.418 e. The van der Waals surface area contributed by atoms with E-state index in [0.29, 0.717) is 29.1 Å². The largest absolute Gasteiger partial charge is 0.455 e. The summed E-state index contributed by atoms with van der Waals surface area (Å²) < 4.78 is 49.1. The molecule has 4 nitrogen and oxygen atoms in total. The lowest BCUT2D eigenvalue weighted by Crippen LogP contribution is -2.06. The Morgan fingerprint density at radius 2 is 1.49 bits per heavy atom. The van der Waals surface area contributed by atoms with Crippen molar-refractivity contribution in [2.75, 3.05) is 0 Å². The van der Waals surface area contributed by atoms with E-state index in [1.165, 1.54) is 6.07 Å². The van der Waals surface area contributed by atoms with Gasteiger partial charge in [0.15, 0.2) is 5.75 Å². The second-order valence-electron chi connectivity index (χ2n) is 8.65. The third kappa shape index (κ3) is 4.40. The van der Waals surface area contributed by atoms with E-state index in [2.05, 4.69) is 10.1 Å². The first-order chi connectivity index (χ1) is 18.0. The molecule has 0 saturated heterocycles. The average molecular weight is 496 g/mol. The topological polar surface area (TPSA) is 39.9 Å². The van der Waals surface area contributed by atoms with E-state index in [1.54, 1.807) is 29.1 Å². The first-order valence-corrected chi connectivity index (χ1v) is 11.7. The Kier molecular flexibility index (Phi) is 5.60. The summed E-state index contributed by atoms with van der Waals surface area (Å²) in [5, 5.41) is 5.84. The maximum atomic E-state index is 13.8. The fraction of sp³-hybridized carbons (Fsp3) is 0.0667. The molecule has 0 radical (unpaired) electrons. The number of fused-ring (bicyclic) bond motifs is 2. The van der Waals surface area contributed by atoms with Gasteiger partial charge < -0.3 is 4.74 Å². The van der Waals surface area contributed by atoms with Crippen LogP contribution in [0.5, 0.6) is 11.5 Å². The van der Waals surface area contributed by atoms with Crippen LogP contribution in [-0.2, 0) is 12.7 Å². The van der Waals surface area contributed by atoms with Crippen molar-refractivity contribution in [3.05, 3.63) is 120 Å². The highest BCUT2D eigenvalue weighted by Gasteiger charge is 2.34. The molecule has 4 aromatic carbocycles. The lowest BCUT2D eigenvalue weighted by molar-refractivity contribution is -0.136. The van der Waals surface area contributed by atoms with Crippen LogP contribution in [0.4, 0.5) is 13.2 Å². The normalized spacial score (nSPS) is 11.8. The van der Waals surface area contributed by atoms with Gasteiger partial charge in [-0.15, -0.1) is 0 Å². The van der Waals surface area contributed by atoms with Crippen LogP contribution in [0.25, 0.3) is 33.1 Å². The highest BCUT2D eigenvalue weighted by atomic mass is 19.4. The predicted molar refractivity (Wildman–Crippen MR) is 138 cm³/mol. The summed E-state index contributed by atoms with van der Waals surface area (Å²) in [4.78, 5) is 4.42. The molecule has 0 atom stereocenters. The molecule has 2 aromatic heterocycles. The summed E-state index contributed by atoms with van der Waals surface area (Å²) in [5.74, 6) is 1.22. The number of halogens is 3. The first kappa shape index (κ1) is 22.8.